The molecule has 2 N–H and O–H groups in total. The van der Waals surface area contributed by atoms with Gasteiger partial charge in [0.1, 0.15) is 5.54 Å². The van der Waals surface area contributed by atoms with E-state index in [0.29, 0.717) is 12.5 Å². The monoisotopic (exact) mass is 194 g/mol. The van der Waals surface area contributed by atoms with Crippen molar-refractivity contribution in [1.29, 1.82) is 5.26 Å². The standard InChI is InChI=1S/C10H14N2O2/c1-2-14-9(13)7-6-3-4-10(12,5-11)8(6)7/h6-8H,2-4,12H2,1H3. The maximum atomic E-state index is 11.4. The highest BCUT2D eigenvalue weighted by molar-refractivity contribution is 5.77. The van der Waals surface area contributed by atoms with Crippen LogP contribution < -0.4 is 5.73 Å². The molecule has 4 unspecified atom stereocenters. The van der Waals surface area contributed by atoms with E-state index >= 15 is 0 Å². The van der Waals surface area contributed by atoms with Gasteiger partial charge in [-0.3, -0.25) is 4.79 Å². The third-order valence-electron chi connectivity index (χ3n) is 3.42. The Labute approximate surface area is 83.0 Å². The number of esters is 1. The number of nitriles is 1. The molecule has 2 aliphatic carbocycles. The number of rotatable bonds is 2. The van der Waals surface area contributed by atoms with Gasteiger partial charge in [0.05, 0.1) is 18.6 Å². The van der Waals surface area contributed by atoms with Gasteiger partial charge >= 0.3 is 5.97 Å². The summed E-state index contributed by atoms with van der Waals surface area (Å²) in [6.45, 7) is 2.19. The van der Waals surface area contributed by atoms with Gasteiger partial charge in [-0.25, -0.2) is 0 Å². The van der Waals surface area contributed by atoms with E-state index in [1.807, 2.05) is 0 Å². The van der Waals surface area contributed by atoms with Crippen LogP contribution in [0.15, 0.2) is 0 Å². The average Bonchev–Trinajstić information content (AvgIpc) is 2.82. The van der Waals surface area contributed by atoms with Crippen molar-refractivity contribution in [2.45, 2.75) is 25.3 Å². The molecule has 4 atom stereocenters. The summed E-state index contributed by atoms with van der Waals surface area (Å²) in [4.78, 5) is 11.4. The Balaban J connectivity index is 2.04. The summed E-state index contributed by atoms with van der Waals surface area (Å²) in [7, 11) is 0. The first kappa shape index (κ1) is 9.47. The summed E-state index contributed by atoms with van der Waals surface area (Å²) in [5.74, 6) is 0.0749. The molecule has 76 valence electrons. The van der Waals surface area contributed by atoms with Crippen LogP contribution in [0.1, 0.15) is 19.8 Å². The molecule has 0 spiro atoms. The van der Waals surface area contributed by atoms with Gasteiger partial charge in [0.25, 0.3) is 0 Å². The molecule has 2 rings (SSSR count). The Kier molecular flexibility index (Phi) is 2.00. The largest absolute Gasteiger partial charge is 0.466 e. The minimum absolute atomic E-state index is 0.0477. The highest BCUT2D eigenvalue weighted by Gasteiger charge is 2.68. The number of nitrogens with zero attached hydrogens (tertiary/aromatic N) is 1. The van der Waals surface area contributed by atoms with E-state index in [1.165, 1.54) is 0 Å². The van der Waals surface area contributed by atoms with Crippen molar-refractivity contribution in [2.75, 3.05) is 6.61 Å². The minimum atomic E-state index is -0.776. The Hall–Kier alpha value is -1.08. The smallest absolute Gasteiger partial charge is 0.309 e. The van der Waals surface area contributed by atoms with Crippen molar-refractivity contribution in [1.82, 2.24) is 0 Å². The SMILES string of the molecule is CCOC(=O)C1C2CCC(N)(C#N)C21. The van der Waals surface area contributed by atoms with Crippen LogP contribution in [0.2, 0.25) is 0 Å². The summed E-state index contributed by atoms with van der Waals surface area (Å²) >= 11 is 0. The van der Waals surface area contributed by atoms with Crippen LogP contribution in [0, 0.1) is 29.1 Å². The molecule has 0 radical (unpaired) electrons. The van der Waals surface area contributed by atoms with Crippen LogP contribution in [-0.4, -0.2) is 18.1 Å². The summed E-state index contributed by atoms with van der Waals surface area (Å²) < 4.78 is 4.94. The molecule has 2 aliphatic rings. The molecular formula is C10H14N2O2. The van der Waals surface area contributed by atoms with Gasteiger partial charge in [-0.1, -0.05) is 0 Å². The summed E-state index contributed by atoms with van der Waals surface area (Å²) in [6, 6.07) is 2.13. The van der Waals surface area contributed by atoms with E-state index in [9.17, 15) is 4.79 Å². The first-order valence-electron chi connectivity index (χ1n) is 5.01. The fraction of sp³-hybridized carbons (Fsp3) is 0.800. The van der Waals surface area contributed by atoms with Gasteiger partial charge in [-0.2, -0.15) is 5.26 Å². The quantitative estimate of drug-likeness (QED) is 0.646. The van der Waals surface area contributed by atoms with Crippen molar-refractivity contribution < 1.29 is 9.53 Å². The highest BCUT2D eigenvalue weighted by Crippen LogP contribution is 2.61. The fourth-order valence-electron chi connectivity index (χ4n) is 2.70. The Morgan fingerprint density at radius 2 is 2.50 bits per heavy atom. The van der Waals surface area contributed by atoms with Crippen LogP contribution in [0.3, 0.4) is 0 Å². The zero-order valence-electron chi connectivity index (χ0n) is 8.19. The van der Waals surface area contributed by atoms with E-state index in [2.05, 4.69) is 6.07 Å². The zero-order valence-corrected chi connectivity index (χ0v) is 8.19. The average molecular weight is 194 g/mol. The van der Waals surface area contributed by atoms with Crippen molar-refractivity contribution in [3.63, 3.8) is 0 Å². The van der Waals surface area contributed by atoms with Crippen molar-refractivity contribution in [3.05, 3.63) is 0 Å². The lowest BCUT2D eigenvalue weighted by Crippen LogP contribution is -2.40. The first-order valence-corrected chi connectivity index (χ1v) is 5.01. The Morgan fingerprint density at radius 3 is 3.07 bits per heavy atom. The number of ether oxygens (including phenoxy) is 1. The molecule has 14 heavy (non-hydrogen) atoms. The van der Waals surface area contributed by atoms with Crippen LogP contribution >= 0.6 is 0 Å². The zero-order chi connectivity index (χ0) is 10.3. The van der Waals surface area contributed by atoms with Gasteiger partial charge in [0.15, 0.2) is 0 Å². The molecular weight excluding hydrogens is 180 g/mol. The van der Waals surface area contributed by atoms with Crippen LogP contribution in [0.4, 0.5) is 0 Å². The third kappa shape index (κ3) is 1.12. The molecule has 2 fully saturated rings. The second-order valence-corrected chi connectivity index (χ2v) is 4.16. The molecule has 2 saturated carbocycles. The van der Waals surface area contributed by atoms with E-state index in [4.69, 9.17) is 15.7 Å². The molecule has 0 aromatic rings. The summed E-state index contributed by atoms with van der Waals surface area (Å²) in [5.41, 5.74) is 5.12. The van der Waals surface area contributed by atoms with Crippen LogP contribution in [0.5, 0.6) is 0 Å². The molecule has 4 heteroatoms. The van der Waals surface area contributed by atoms with Crippen molar-refractivity contribution >= 4 is 5.97 Å². The number of fused-ring (bicyclic) bond motifs is 1. The summed E-state index contributed by atoms with van der Waals surface area (Å²) in [5, 5.41) is 8.92. The summed E-state index contributed by atoms with van der Waals surface area (Å²) in [6.07, 6.45) is 1.60. The van der Waals surface area contributed by atoms with E-state index in [-0.39, 0.29) is 17.8 Å². The third-order valence-corrected chi connectivity index (χ3v) is 3.42. The van der Waals surface area contributed by atoms with E-state index < -0.39 is 5.54 Å². The Morgan fingerprint density at radius 1 is 1.79 bits per heavy atom. The molecule has 0 saturated heterocycles. The number of carbonyl (C=O) groups excluding carboxylic acids is 1. The maximum absolute atomic E-state index is 11.4. The minimum Gasteiger partial charge on any atom is -0.466 e. The van der Waals surface area contributed by atoms with Crippen molar-refractivity contribution in [2.24, 2.45) is 23.5 Å². The van der Waals surface area contributed by atoms with Crippen LogP contribution in [0.25, 0.3) is 0 Å². The molecule has 0 aromatic carbocycles. The number of hydrogen-bond acceptors (Lipinski definition) is 4. The van der Waals surface area contributed by atoms with Crippen LogP contribution in [-0.2, 0) is 9.53 Å². The second-order valence-electron chi connectivity index (χ2n) is 4.16. The molecule has 0 aromatic heterocycles. The lowest BCUT2D eigenvalue weighted by Gasteiger charge is -2.17. The molecule has 0 amide bonds. The van der Waals surface area contributed by atoms with Gasteiger partial charge in [0, 0.05) is 5.92 Å². The number of hydrogen-bond donors (Lipinski definition) is 1. The number of carbonyl (C=O) groups is 1. The first-order chi connectivity index (χ1) is 6.64. The van der Waals surface area contributed by atoms with Gasteiger partial charge < -0.3 is 10.5 Å². The topological polar surface area (TPSA) is 76.1 Å². The van der Waals surface area contributed by atoms with Gasteiger partial charge in [0.2, 0.25) is 0 Å². The van der Waals surface area contributed by atoms with Crippen molar-refractivity contribution in [3.8, 4) is 6.07 Å². The second kappa shape index (κ2) is 2.96. The maximum Gasteiger partial charge on any atom is 0.309 e. The van der Waals surface area contributed by atoms with E-state index in [1.54, 1.807) is 6.92 Å². The molecule has 0 heterocycles. The predicted molar refractivity (Wildman–Crippen MR) is 48.9 cm³/mol. The molecule has 4 nitrogen and oxygen atoms in total. The molecule has 0 aliphatic heterocycles. The van der Waals surface area contributed by atoms with Gasteiger partial charge in [-0.05, 0) is 25.7 Å². The lowest BCUT2D eigenvalue weighted by atomic mass is 9.93. The van der Waals surface area contributed by atoms with E-state index in [0.717, 1.165) is 12.8 Å². The molecule has 0 bridgehead atoms. The van der Waals surface area contributed by atoms with Gasteiger partial charge in [-0.15, -0.1) is 0 Å². The highest BCUT2D eigenvalue weighted by atomic mass is 16.5. The predicted octanol–water partition coefficient (Wildman–Crippen LogP) is 0.427. The normalized spacial score (nSPS) is 43.9. The fourth-order valence-corrected chi connectivity index (χ4v) is 2.70. The lowest BCUT2D eigenvalue weighted by molar-refractivity contribution is -0.145. The number of nitrogens with two attached hydrogens (primary N) is 1. The Bertz CT molecular complexity index is 310.